The van der Waals surface area contributed by atoms with Crippen molar-refractivity contribution < 1.29 is 4.74 Å². The first kappa shape index (κ1) is 13.5. The first-order chi connectivity index (χ1) is 8.81. The number of benzene rings is 1. The van der Waals surface area contributed by atoms with Gasteiger partial charge in [0.1, 0.15) is 0 Å². The van der Waals surface area contributed by atoms with Crippen LogP contribution in [-0.2, 0) is 17.8 Å². The van der Waals surface area contributed by atoms with Gasteiger partial charge in [0.2, 0.25) is 0 Å². The molecule has 1 aromatic rings. The first-order valence-corrected chi connectivity index (χ1v) is 6.85. The minimum absolute atomic E-state index is 0.426. The van der Waals surface area contributed by atoms with Gasteiger partial charge in [0, 0.05) is 33.3 Å². The van der Waals surface area contributed by atoms with Gasteiger partial charge in [0.25, 0.3) is 0 Å². The molecule has 1 N–H and O–H groups in total. The molecule has 2 rings (SSSR count). The summed E-state index contributed by atoms with van der Waals surface area (Å²) in [6.45, 7) is 7.37. The number of nitrogens with one attached hydrogen (secondary N) is 1. The van der Waals surface area contributed by atoms with Crippen molar-refractivity contribution in [2.75, 3.05) is 26.7 Å². The molecule has 0 aliphatic carbocycles. The van der Waals surface area contributed by atoms with Gasteiger partial charge in [-0.15, -0.1) is 0 Å². The second kappa shape index (κ2) is 6.88. The lowest BCUT2D eigenvalue weighted by atomic mass is 10.1. The molecule has 1 atom stereocenters. The van der Waals surface area contributed by atoms with Crippen molar-refractivity contribution in [2.24, 2.45) is 0 Å². The van der Waals surface area contributed by atoms with E-state index in [1.165, 1.54) is 11.1 Å². The van der Waals surface area contributed by atoms with Crippen LogP contribution >= 0.6 is 0 Å². The minimum atomic E-state index is 0.426. The van der Waals surface area contributed by atoms with E-state index in [-0.39, 0.29) is 0 Å². The standard InChI is InChI=1S/C15H24N2O/c1-3-16-10-13-5-4-6-14(9-13)11-17-8-7-15(12-17)18-2/h4-6,9,15-16H,3,7-8,10-12H2,1-2H3. The summed E-state index contributed by atoms with van der Waals surface area (Å²) >= 11 is 0. The van der Waals surface area contributed by atoms with E-state index in [0.29, 0.717) is 6.10 Å². The Kier molecular flexibility index (Phi) is 5.17. The molecule has 0 radical (unpaired) electrons. The highest BCUT2D eigenvalue weighted by Gasteiger charge is 2.21. The Morgan fingerprint density at radius 2 is 2.22 bits per heavy atom. The second-order valence-electron chi connectivity index (χ2n) is 4.98. The van der Waals surface area contributed by atoms with Crippen LogP contribution < -0.4 is 5.32 Å². The maximum atomic E-state index is 5.40. The maximum absolute atomic E-state index is 5.40. The zero-order chi connectivity index (χ0) is 12.8. The first-order valence-electron chi connectivity index (χ1n) is 6.85. The van der Waals surface area contributed by atoms with Crippen molar-refractivity contribution >= 4 is 0 Å². The number of nitrogens with zero attached hydrogens (tertiary/aromatic N) is 1. The van der Waals surface area contributed by atoms with E-state index in [1.54, 1.807) is 0 Å². The molecule has 3 nitrogen and oxygen atoms in total. The molecule has 0 bridgehead atoms. The van der Waals surface area contributed by atoms with E-state index >= 15 is 0 Å². The maximum Gasteiger partial charge on any atom is 0.0710 e. The fourth-order valence-corrected chi connectivity index (χ4v) is 2.50. The number of likely N-dealkylation sites (tertiary alicyclic amines) is 1. The minimum Gasteiger partial charge on any atom is -0.380 e. The lowest BCUT2D eigenvalue weighted by Crippen LogP contribution is -2.22. The highest BCUT2D eigenvalue weighted by molar-refractivity contribution is 5.23. The van der Waals surface area contributed by atoms with E-state index in [0.717, 1.165) is 39.1 Å². The molecule has 1 aliphatic rings. The predicted octanol–water partition coefficient (Wildman–Crippen LogP) is 2.02. The molecule has 0 aromatic heterocycles. The van der Waals surface area contributed by atoms with Gasteiger partial charge < -0.3 is 10.1 Å². The Labute approximate surface area is 110 Å². The van der Waals surface area contributed by atoms with Crippen LogP contribution in [0.25, 0.3) is 0 Å². The van der Waals surface area contributed by atoms with Crippen LogP contribution in [0.5, 0.6) is 0 Å². The lowest BCUT2D eigenvalue weighted by Gasteiger charge is -2.16. The molecule has 1 saturated heterocycles. The third-order valence-electron chi connectivity index (χ3n) is 3.54. The number of hydrogen-bond acceptors (Lipinski definition) is 3. The van der Waals surface area contributed by atoms with Crippen LogP contribution in [0.2, 0.25) is 0 Å². The zero-order valence-electron chi connectivity index (χ0n) is 11.5. The summed E-state index contributed by atoms with van der Waals surface area (Å²) < 4.78 is 5.40. The van der Waals surface area contributed by atoms with E-state index < -0.39 is 0 Å². The molecule has 0 amide bonds. The van der Waals surface area contributed by atoms with Crippen LogP contribution in [0.15, 0.2) is 24.3 Å². The molecule has 100 valence electrons. The molecule has 18 heavy (non-hydrogen) atoms. The molecular formula is C15H24N2O. The molecule has 1 heterocycles. The molecule has 3 heteroatoms. The van der Waals surface area contributed by atoms with Crippen molar-refractivity contribution in [1.29, 1.82) is 0 Å². The molecule has 1 fully saturated rings. The van der Waals surface area contributed by atoms with Gasteiger partial charge in [-0.25, -0.2) is 0 Å². The molecule has 0 spiro atoms. The Hall–Kier alpha value is -0.900. The summed E-state index contributed by atoms with van der Waals surface area (Å²) in [7, 11) is 1.81. The Morgan fingerprint density at radius 1 is 1.39 bits per heavy atom. The lowest BCUT2D eigenvalue weighted by molar-refractivity contribution is 0.107. The quantitative estimate of drug-likeness (QED) is 0.833. The predicted molar refractivity (Wildman–Crippen MR) is 74.5 cm³/mol. The van der Waals surface area contributed by atoms with Gasteiger partial charge in [-0.3, -0.25) is 4.90 Å². The van der Waals surface area contributed by atoms with Crippen molar-refractivity contribution in [3.63, 3.8) is 0 Å². The Balaban J connectivity index is 1.89. The fourth-order valence-electron chi connectivity index (χ4n) is 2.50. The fraction of sp³-hybridized carbons (Fsp3) is 0.600. The van der Waals surface area contributed by atoms with E-state index in [2.05, 4.69) is 41.4 Å². The largest absolute Gasteiger partial charge is 0.380 e. The van der Waals surface area contributed by atoms with Gasteiger partial charge >= 0.3 is 0 Å². The van der Waals surface area contributed by atoms with Gasteiger partial charge in [0.15, 0.2) is 0 Å². The topological polar surface area (TPSA) is 24.5 Å². The summed E-state index contributed by atoms with van der Waals surface area (Å²) in [4.78, 5) is 2.47. The van der Waals surface area contributed by atoms with Crippen molar-refractivity contribution in [2.45, 2.75) is 32.5 Å². The summed E-state index contributed by atoms with van der Waals surface area (Å²) in [6.07, 6.45) is 1.59. The second-order valence-corrected chi connectivity index (χ2v) is 4.98. The molecule has 1 unspecified atom stereocenters. The summed E-state index contributed by atoms with van der Waals surface area (Å²) in [5, 5.41) is 3.37. The number of rotatable bonds is 6. The third kappa shape index (κ3) is 3.80. The summed E-state index contributed by atoms with van der Waals surface area (Å²) in [5.41, 5.74) is 2.78. The molecule has 0 saturated carbocycles. The summed E-state index contributed by atoms with van der Waals surface area (Å²) in [6, 6.07) is 8.87. The van der Waals surface area contributed by atoms with Crippen LogP contribution in [-0.4, -0.2) is 37.7 Å². The summed E-state index contributed by atoms with van der Waals surface area (Å²) in [5.74, 6) is 0. The Bertz CT molecular complexity index is 367. The van der Waals surface area contributed by atoms with E-state index in [9.17, 15) is 0 Å². The van der Waals surface area contributed by atoms with Crippen LogP contribution in [0.4, 0.5) is 0 Å². The van der Waals surface area contributed by atoms with Gasteiger partial charge in [-0.1, -0.05) is 31.2 Å². The van der Waals surface area contributed by atoms with Crippen LogP contribution in [0.1, 0.15) is 24.5 Å². The van der Waals surface area contributed by atoms with Crippen molar-refractivity contribution in [3.8, 4) is 0 Å². The molecular weight excluding hydrogens is 224 g/mol. The van der Waals surface area contributed by atoms with Gasteiger partial charge in [-0.05, 0) is 24.1 Å². The highest BCUT2D eigenvalue weighted by atomic mass is 16.5. The monoisotopic (exact) mass is 248 g/mol. The van der Waals surface area contributed by atoms with Crippen LogP contribution in [0.3, 0.4) is 0 Å². The number of methoxy groups -OCH3 is 1. The van der Waals surface area contributed by atoms with Crippen LogP contribution in [0, 0.1) is 0 Å². The van der Waals surface area contributed by atoms with Gasteiger partial charge in [-0.2, -0.15) is 0 Å². The SMILES string of the molecule is CCNCc1cccc(CN2CCC(OC)C2)c1. The van der Waals surface area contributed by atoms with E-state index in [1.807, 2.05) is 7.11 Å². The van der Waals surface area contributed by atoms with Crippen molar-refractivity contribution in [3.05, 3.63) is 35.4 Å². The molecule has 1 aromatic carbocycles. The average molecular weight is 248 g/mol. The van der Waals surface area contributed by atoms with Crippen molar-refractivity contribution in [1.82, 2.24) is 10.2 Å². The Morgan fingerprint density at radius 3 is 2.94 bits per heavy atom. The smallest absolute Gasteiger partial charge is 0.0710 e. The van der Waals surface area contributed by atoms with Gasteiger partial charge in [0.05, 0.1) is 6.10 Å². The number of ether oxygens (including phenoxy) is 1. The third-order valence-corrected chi connectivity index (χ3v) is 3.54. The highest BCUT2D eigenvalue weighted by Crippen LogP contribution is 2.16. The normalized spacial score (nSPS) is 20.4. The van der Waals surface area contributed by atoms with E-state index in [4.69, 9.17) is 4.74 Å². The average Bonchev–Trinajstić information content (AvgIpc) is 2.84. The zero-order valence-corrected chi connectivity index (χ0v) is 11.5. The molecule has 1 aliphatic heterocycles. The number of hydrogen-bond donors (Lipinski definition) is 1.